The second-order valence-corrected chi connectivity index (χ2v) is 9.92. The molecule has 1 unspecified atom stereocenters. The van der Waals surface area contributed by atoms with Gasteiger partial charge in [0.15, 0.2) is 5.11 Å². The summed E-state index contributed by atoms with van der Waals surface area (Å²) in [5.74, 6) is -3.03. The molecule has 0 radical (unpaired) electrons. The molecule has 42 heavy (non-hydrogen) atoms. The van der Waals surface area contributed by atoms with E-state index in [1.807, 2.05) is 24.3 Å². The number of carbonyl (C=O) groups excluding carboxylic acids is 1. The van der Waals surface area contributed by atoms with Crippen LogP contribution in [0.2, 0.25) is 0 Å². The summed E-state index contributed by atoms with van der Waals surface area (Å²) >= 11 is 5.31. The first-order chi connectivity index (χ1) is 20.0. The molecule has 0 aliphatic carbocycles. The molecule has 234 valence electrons. The first-order valence-electron chi connectivity index (χ1n) is 13.3. The zero-order chi connectivity index (χ0) is 30.9. The van der Waals surface area contributed by atoms with Crippen LogP contribution in [0, 0.1) is 0 Å². The molecular formula is C26H39N5O10S. The highest BCUT2D eigenvalue weighted by atomic mass is 32.1. The molecule has 0 spiro atoms. The summed E-state index contributed by atoms with van der Waals surface area (Å²) in [6.45, 7) is 2.05. The van der Waals surface area contributed by atoms with Crippen LogP contribution in [0.3, 0.4) is 0 Å². The molecule has 1 aromatic carbocycles. The predicted octanol–water partition coefficient (Wildman–Crippen LogP) is -0.143. The zero-order valence-corrected chi connectivity index (χ0v) is 24.3. The van der Waals surface area contributed by atoms with Crippen molar-refractivity contribution in [2.75, 3.05) is 91.2 Å². The normalized spacial score (nSPS) is 16.8. The van der Waals surface area contributed by atoms with Gasteiger partial charge in [0.05, 0.1) is 40.0 Å². The fourth-order valence-corrected chi connectivity index (χ4v) is 4.58. The summed E-state index contributed by atoms with van der Waals surface area (Å²) in [5, 5.41) is 34.7. The largest absolute Gasteiger partial charge is 0.508 e. The zero-order valence-electron chi connectivity index (χ0n) is 23.5. The van der Waals surface area contributed by atoms with Crippen LogP contribution in [0.15, 0.2) is 24.3 Å². The third-order valence-electron chi connectivity index (χ3n) is 6.31. The number of rotatable bonds is 15. The van der Waals surface area contributed by atoms with E-state index in [9.17, 15) is 34.5 Å². The van der Waals surface area contributed by atoms with E-state index in [2.05, 4.69) is 15.4 Å². The van der Waals surface area contributed by atoms with E-state index in [1.165, 1.54) is 7.11 Å². The SMILES string of the molecule is COC(=O)OCCOCCNC(=S)Nc1ccc(CC2CN(CC(=O)O)CCN(CC(=O)O)CCN2CC(=O)O)cc1. The fourth-order valence-electron chi connectivity index (χ4n) is 4.36. The maximum Gasteiger partial charge on any atom is 0.508 e. The number of hydrogen-bond acceptors (Lipinski definition) is 11. The fraction of sp³-hybridized carbons (Fsp3) is 0.577. The van der Waals surface area contributed by atoms with Crippen LogP contribution in [0.4, 0.5) is 10.5 Å². The molecule has 1 atom stereocenters. The van der Waals surface area contributed by atoms with Gasteiger partial charge in [-0.2, -0.15) is 0 Å². The Morgan fingerprint density at radius 3 is 2.14 bits per heavy atom. The van der Waals surface area contributed by atoms with Crippen molar-refractivity contribution < 1.29 is 48.7 Å². The van der Waals surface area contributed by atoms with Crippen LogP contribution < -0.4 is 10.6 Å². The Kier molecular flexibility index (Phi) is 15.5. The van der Waals surface area contributed by atoms with Gasteiger partial charge in [-0.25, -0.2) is 4.79 Å². The van der Waals surface area contributed by atoms with Crippen LogP contribution in [-0.4, -0.2) is 151 Å². The highest BCUT2D eigenvalue weighted by Crippen LogP contribution is 2.16. The van der Waals surface area contributed by atoms with Crippen LogP contribution >= 0.6 is 12.2 Å². The van der Waals surface area contributed by atoms with Crippen LogP contribution in [0.5, 0.6) is 0 Å². The van der Waals surface area contributed by atoms with E-state index in [0.717, 1.165) is 11.3 Å². The number of carboxylic acid groups (broad SMARTS) is 3. The molecule has 16 heteroatoms. The number of anilines is 1. The summed E-state index contributed by atoms with van der Waals surface area (Å²) < 4.78 is 14.4. The quantitative estimate of drug-likeness (QED) is 0.0997. The Bertz CT molecular complexity index is 1040. The van der Waals surface area contributed by atoms with Gasteiger partial charge < -0.3 is 40.2 Å². The van der Waals surface area contributed by atoms with Gasteiger partial charge in [-0.05, 0) is 36.3 Å². The van der Waals surface area contributed by atoms with E-state index in [0.29, 0.717) is 57.4 Å². The Balaban J connectivity index is 1.97. The number of carbonyl (C=O) groups is 4. The highest BCUT2D eigenvalue weighted by molar-refractivity contribution is 7.80. The number of ether oxygens (including phenoxy) is 3. The van der Waals surface area contributed by atoms with E-state index in [4.69, 9.17) is 21.7 Å². The molecule has 0 saturated carbocycles. The summed E-state index contributed by atoms with van der Waals surface area (Å²) in [7, 11) is 1.22. The lowest BCUT2D eigenvalue weighted by Crippen LogP contribution is -2.49. The summed E-state index contributed by atoms with van der Waals surface area (Å²) in [6.07, 6.45) is -0.308. The first kappa shape index (κ1) is 34.6. The maximum atomic E-state index is 11.7. The minimum absolute atomic E-state index is 0.0808. The average Bonchev–Trinajstić information content (AvgIpc) is 2.98. The Morgan fingerprint density at radius 2 is 1.50 bits per heavy atom. The molecule has 5 N–H and O–H groups in total. The van der Waals surface area contributed by atoms with E-state index >= 15 is 0 Å². The average molecular weight is 614 g/mol. The summed E-state index contributed by atoms with van der Waals surface area (Å²) in [4.78, 5) is 50.5. The Hall–Kier alpha value is -3.57. The van der Waals surface area contributed by atoms with Crippen LogP contribution in [0.25, 0.3) is 0 Å². The molecule has 1 aromatic rings. The van der Waals surface area contributed by atoms with Crippen molar-refractivity contribution in [3.05, 3.63) is 29.8 Å². The number of aliphatic carboxylic acids is 3. The van der Waals surface area contributed by atoms with Gasteiger partial charge >= 0.3 is 24.1 Å². The molecule has 0 aromatic heterocycles. The van der Waals surface area contributed by atoms with Crippen LogP contribution in [-0.2, 0) is 35.0 Å². The van der Waals surface area contributed by atoms with Gasteiger partial charge in [-0.1, -0.05) is 12.1 Å². The van der Waals surface area contributed by atoms with Gasteiger partial charge in [-0.15, -0.1) is 0 Å². The van der Waals surface area contributed by atoms with Gasteiger partial charge in [-0.3, -0.25) is 29.1 Å². The van der Waals surface area contributed by atoms with Crippen molar-refractivity contribution in [3.8, 4) is 0 Å². The topological polar surface area (TPSA) is 190 Å². The Labute approximate surface area is 249 Å². The minimum Gasteiger partial charge on any atom is -0.480 e. The lowest BCUT2D eigenvalue weighted by atomic mass is 10.0. The Morgan fingerprint density at radius 1 is 0.881 bits per heavy atom. The third-order valence-corrected chi connectivity index (χ3v) is 6.55. The van der Waals surface area contributed by atoms with Gasteiger partial charge in [0.2, 0.25) is 0 Å². The highest BCUT2D eigenvalue weighted by Gasteiger charge is 2.28. The standard InChI is InChI=1S/C26H39N5O10S/c1-39-26(38)41-13-12-40-11-6-27-25(42)28-20-4-2-19(3-5-20)14-21-15-30(17-23(34)35)8-7-29(16-22(32)33)9-10-31(21)18-24(36)37/h2-5,21H,6-18H2,1H3,(H,32,33)(H,34,35)(H,36,37)(H2,27,28,42). The summed E-state index contributed by atoms with van der Waals surface area (Å²) in [6, 6.07) is 7.14. The molecule has 1 heterocycles. The second kappa shape index (κ2) is 18.8. The van der Waals surface area contributed by atoms with E-state index < -0.39 is 24.1 Å². The molecule has 1 aliphatic heterocycles. The van der Waals surface area contributed by atoms with E-state index in [-0.39, 0.29) is 38.9 Å². The van der Waals surface area contributed by atoms with E-state index in [1.54, 1.807) is 14.7 Å². The molecule has 0 bridgehead atoms. The second-order valence-electron chi connectivity index (χ2n) is 9.51. The number of nitrogens with zero attached hydrogens (tertiary/aromatic N) is 3. The molecule has 1 saturated heterocycles. The number of thiocarbonyl (C=S) groups is 1. The molecule has 2 rings (SSSR count). The van der Waals surface area contributed by atoms with Crippen molar-refractivity contribution in [1.82, 2.24) is 20.0 Å². The van der Waals surface area contributed by atoms with Crippen LogP contribution in [0.1, 0.15) is 5.56 Å². The summed E-state index contributed by atoms with van der Waals surface area (Å²) in [5.41, 5.74) is 1.65. The minimum atomic E-state index is -1.02. The number of nitrogens with one attached hydrogen (secondary N) is 2. The first-order valence-corrected chi connectivity index (χ1v) is 13.7. The maximum absolute atomic E-state index is 11.7. The van der Waals surface area contributed by atoms with Gasteiger partial charge in [0.1, 0.15) is 6.61 Å². The lowest BCUT2D eigenvalue weighted by Gasteiger charge is -2.33. The number of methoxy groups -OCH3 is 1. The van der Waals surface area contributed by atoms with Crippen molar-refractivity contribution in [2.45, 2.75) is 12.5 Å². The van der Waals surface area contributed by atoms with Gasteiger partial charge in [0, 0.05) is 51.0 Å². The monoisotopic (exact) mass is 613 g/mol. The van der Waals surface area contributed by atoms with Crippen molar-refractivity contribution in [2.24, 2.45) is 0 Å². The number of carboxylic acids is 3. The van der Waals surface area contributed by atoms with Crippen molar-refractivity contribution >= 4 is 47.1 Å². The lowest BCUT2D eigenvalue weighted by molar-refractivity contribution is -0.140. The van der Waals surface area contributed by atoms with Gasteiger partial charge in [0.25, 0.3) is 0 Å². The molecule has 15 nitrogen and oxygen atoms in total. The molecule has 0 amide bonds. The van der Waals surface area contributed by atoms with Crippen molar-refractivity contribution in [3.63, 3.8) is 0 Å². The molecular weight excluding hydrogens is 574 g/mol. The predicted molar refractivity (Wildman–Crippen MR) is 155 cm³/mol. The third kappa shape index (κ3) is 14.4. The molecule has 1 fully saturated rings. The van der Waals surface area contributed by atoms with Crippen molar-refractivity contribution in [1.29, 1.82) is 0 Å². The number of benzene rings is 1. The smallest absolute Gasteiger partial charge is 0.480 e. The molecule has 1 aliphatic rings. The number of hydrogen-bond donors (Lipinski definition) is 5.